The monoisotopic (exact) mass is 434 g/mol. The minimum absolute atomic E-state index is 0.269. The number of carbonyl (C=O) groups is 1. The van der Waals surface area contributed by atoms with Gasteiger partial charge in [-0.05, 0) is 86.2 Å². The Bertz CT molecular complexity index is 634. The minimum Gasteiger partial charge on any atom is -0.481 e. The molecule has 3 nitrogen and oxygen atoms in total. The molecule has 0 saturated carbocycles. The lowest BCUT2D eigenvalue weighted by atomic mass is 9.76. The number of benzene rings is 1. The van der Waals surface area contributed by atoms with E-state index >= 15 is 0 Å². The molecular weight excluding hydrogens is 400 g/mol. The Balaban J connectivity index is 1.28. The Labute approximate surface area is 184 Å². The summed E-state index contributed by atoms with van der Waals surface area (Å²) in [6, 6.07) is 10.7. The number of unbranched alkanes of at least 4 members (excludes halogenated alkanes) is 1. The standard InChI is InChI=1S/C24H34O3S2/c25-24(26)12-7-2-1-6-11-20-21(23-14-13-22(20)27-23)15-18-28-16-8-17-29-19-9-4-3-5-10-19/h1,3-6,9-10,20-23H,2,7-8,11-18H2,(H,25,26)/t20-,21+,22-,23+/m1/s1. The number of fused-ring (bicyclic) bond motifs is 2. The smallest absolute Gasteiger partial charge is 0.303 e. The van der Waals surface area contributed by atoms with Gasteiger partial charge in [-0.1, -0.05) is 30.4 Å². The fourth-order valence-electron chi connectivity index (χ4n) is 4.53. The van der Waals surface area contributed by atoms with Crippen LogP contribution in [0, 0.1) is 11.8 Å². The van der Waals surface area contributed by atoms with Crippen LogP contribution in [0.3, 0.4) is 0 Å². The third-order valence-corrected chi connectivity index (χ3v) is 8.17. The van der Waals surface area contributed by atoms with Crippen molar-refractivity contribution in [2.24, 2.45) is 11.8 Å². The van der Waals surface area contributed by atoms with Crippen molar-refractivity contribution in [2.45, 2.75) is 68.5 Å². The fraction of sp³-hybridized carbons (Fsp3) is 0.625. The predicted octanol–water partition coefficient (Wildman–Crippen LogP) is 6.29. The maximum atomic E-state index is 10.6. The third-order valence-electron chi connectivity index (χ3n) is 5.97. The molecule has 0 amide bonds. The lowest BCUT2D eigenvalue weighted by Gasteiger charge is -2.27. The van der Waals surface area contributed by atoms with Gasteiger partial charge in [0.2, 0.25) is 0 Å². The highest BCUT2D eigenvalue weighted by molar-refractivity contribution is 8.00. The number of ether oxygens (including phenoxy) is 1. The number of allylic oxidation sites excluding steroid dienone is 2. The number of aliphatic carboxylic acids is 1. The van der Waals surface area contributed by atoms with E-state index in [1.807, 2.05) is 11.8 Å². The van der Waals surface area contributed by atoms with Crippen LogP contribution in [0.25, 0.3) is 0 Å². The maximum Gasteiger partial charge on any atom is 0.303 e. The first-order chi connectivity index (χ1) is 14.2. The van der Waals surface area contributed by atoms with Crippen molar-refractivity contribution in [3.63, 3.8) is 0 Å². The van der Waals surface area contributed by atoms with E-state index in [2.05, 4.69) is 54.2 Å². The van der Waals surface area contributed by atoms with Gasteiger partial charge in [0, 0.05) is 11.3 Å². The Morgan fingerprint density at radius 3 is 2.62 bits per heavy atom. The van der Waals surface area contributed by atoms with Gasteiger partial charge in [-0.25, -0.2) is 0 Å². The molecule has 0 unspecified atom stereocenters. The quantitative estimate of drug-likeness (QED) is 0.212. The van der Waals surface area contributed by atoms with Gasteiger partial charge in [-0.2, -0.15) is 11.8 Å². The maximum absolute atomic E-state index is 10.6. The van der Waals surface area contributed by atoms with Crippen LogP contribution in [0.5, 0.6) is 0 Å². The van der Waals surface area contributed by atoms with Crippen molar-refractivity contribution in [1.29, 1.82) is 0 Å². The molecular formula is C24H34O3S2. The molecule has 29 heavy (non-hydrogen) atoms. The first-order valence-corrected chi connectivity index (χ1v) is 13.2. The summed E-state index contributed by atoms with van der Waals surface area (Å²) >= 11 is 4.06. The van der Waals surface area contributed by atoms with Gasteiger partial charge >= 0.3 is 5.97 Å². The van der Waals surface area contributed by atoms with Gasteiger partial charge < -0.3 is 9.84 Å². The molecule has 1 aromatic rings. The van der Waals surface area contributed by atoms with Crippen molar-refractivity contribution in [1.82, 2.24) is 0 Å². The molecule has 4 atom stereocenters. The molecule has 0 aliphatic carbocycles. The normalized spacial score (nSPS) is 25.8. The van der Waals surface area contributed by atoms with E-state index < -0.39 is 5.97 Å². The molecule has 0 aromatic heterocycles. The van der Waals surface area contributed by atoms with Gasteiger partial charge in [0.1, 0.15) is 0 Å². The van der Waals surface area contributed by atoms with E-state index in [0.29, 0.717) is 24.0 Å². The molecule has 0 radical (unpaired) electrons. The highest BCUT2D eigenvalue weighted by Crippen LogP contribution is 2.47. The van der Waals surface area contributed by atoms with E-state index in [1.54, 1.807) is 0 Å². The number of carboxylic acid groups (broad SMARTS) is 1. The summed E-state index contributed by atoms with van der Waals surface area (Å²) in [5, 5.41) is 8.71. The van der Waals surface area contributed by atoms with Crippen LogP contribution in [0.15, 0.2) is 47.4 Å². The molecule has 1 N–H and O–H groups in total. The molecule has 3 rings (SSSR count). The van der Waals surface area contributed by atoms with Crippen LogP contribution in [0.2, 0.25) is 0 Å². The number of thioether (sulfide) groups is 2. The summed E-state index contributed by atoms with van der Waals surface area (Å²) in [5.74, 6) is 4.36. The first kappa shape index (κ1) is 22.8. The summed E-state index contributed by atoms with van der Waals surface area (Å²) in [6.07, 6.45) is 13.4. The second-order valence-electron chi connectivity index (χ2n) is 8.03. The summed E-state index contributed by atoms with van der Waals surface area (Å²) in [7, 11) is 0. The first-order valence-electron chi connectivity index (χ1n) is 11.0. The Morgan fingerprint density at radius 2 is 1.83 bits per heavy atom. The van der Waals surface area contributed by atoms with E-state index in [1.165, 1.54) is 47.8 Å². The Morgan fingerprint density at radius 1 is 1.03 bits per heavy atom. The Kier molecular flexibility index (Phi) is 9.98. The molecule has 1 aromatic carbocycles. The summed E-state index contributed by atoms with van der Waals surface area (Å²) in [6.45, 7) is 0. The molecule has 5 heteroatoms. The van der Waals surface area contributed by atoms with Crippen LogP contribution in [-0.4, -0.2) is 40.5 Å². The third kappa shape index (κ3) is 7.69. The predicted molar refractivity (Wildman–Crippen MR) is 124 cm³/mol. The molecule has 2 saturated heterocycles. The van der Waals surface area contributed by atoms with Gasteiger partial charge in [0.05, 0.1) is 12.2 Å². The zero-order chi connectivity index (χ0) is 20.3. The van der Waals surface area contributed by atoms with Crippen molar-refractivity contribution in [3.05, 3.63) is 42.5 Å². The molecule has 160 valence electrons. The zero-order valence-electron chi connectivity index (χ0n) is 17.2. The number of carboxylic acids is 1. The molecule has 2 fully saturated rings. The van der Waals surface area contributed by atoms with Crippen molar-refractivity contribution in [3.8, 4) is 0 Å². The van der Waals surface area contributed by atoms with Gasteiger partial charge in [0.15, 0.2) is 0 Å². The van der Waals surface area contributed by atoms with Gasteiger partial charge in [0.25, 0.3) is 0 Å². The topological polar surface area (TPSA) is 46.5 Å². The molecule has 2 aliphatic rings. The highest BCUT2D eigenvalue weighted by Gasteiger charge is 2.47. The van der Waals surface area contributed by atoms with Crippen LogP contribution in [0.4, 0.5) is 0 Å². The average molecular weight is 435 g/mol. The molecule has 2 aliphatic heterocycles. The summed E-state index contributed by atoms with van der Waals surface area (Å²) < 4.78 is 6.23. The number of hydrogen-bond donors (Lipinski definition) is 1. The van der Waals surface area contributed by atoms with Crippen LogP contribution < -0.4 is 0 Å². The van der Waals surface area contributed by atoms with Gasteiger partial charge in [-0.15, -0.1) is 11.8 Å². The fourth-order valence-corrected chi connectivity index (χ4v) is 6.58. The lowest BCUT2D eigenvalue weighted by Crippen LogP contribution is -2.27. The van der Waals surface area contributed by atoms with Crippen LogP contribution >= 0.6 is 23.5 Å². The lowest BCUT2D eigenvalue weighted by molar-refractivity contribution is -0.137. The van der Waals surface area contributed by atoms with E-state index in [-0.39, 0.29) is 6.42 Å². The van der Waals surface area contributed by atoms with E-state index in [0.717, 1.165) is 19.3 Å². The van der Waals surface area contributed by atoms with E-state index in [9.17, 15) is 4.79 Å². The molecule has 0 spiro atoms. The average Bonchev–Trinajstić information content (AvgIpc) is 3.32. The summed E-state index contributed by atoms with van der Waals surface area (Å²) in [5.41, 5.74) is 0. The van der Waals surface area contributed by atoms with Crippen molar-refractivity contribution < 1.29 is 14.6 Å². The largest absolute Gasteiger partial charge is 0.481 e. The second kappa shape index (κ2) is 12.7. The van der Waals surface area contributed by atoms with Gasteiger partial charge in [-0.3, -0.25) is 4.79 Å². The number of rotatable bonds is 14. The van der Waals surface area contributed by atoms with E-state index in [4.69, 9.17) is 9.84 Å². The van der Waals surface area contributed by atoms with Crippen molar-refractivity contribution >= 4 is 29.5 Å². The van der Waals surface area contributed by atoms with Crippen LogP contribution in [0.1, 0.15) is 51.4 Å². The molecule has 2 heterocycles. The summed E-state index contributed by atoms with van der Waals surface area (Å²) in [4.78, 5) is 11.9. The Hall–Kier alpha value is -0.910. The molecule has 2 bridgehead atoms. The highest BCUT2D eigenvalue weighted by atomic mass is 32.2. The minimum atomic E-state index is -0.698. The SMILES string of the molecule is O=C(O)CCCC=CC[C@@H]1[C@H](CCSCCCSc2ccccc2)[C@@H]2CC[C@H]1O2. The number of hydrogen-bond acceptors (Lipinski definition) is 4. The van der Waals surface area contributed by atoms with Crippen LogP contribution in [-0.2, 0) is 9.53 Å². The second-order valence-corrected chi connectivity index (χ2v) is 10.4. The van der Waals surface area contributed by atoms with Crippen molar-refractivity contribution in [2.75, 3.05) is 17.3 Å². The zero-order valence-corrected chi connectivity index (χ0v) is 18.8.